The summed E-state index contributed by atoms with van der Waals surface area (Å²) < 4.78 is 28.4. The number of nitrogens with zero attached hydrogens (tertiary/aromatic N) is 2. The van der Waals surface area contributed by atoms with Crippen LogP contribution in [0.5, 0.6) is 0 Å². The lowest BCUT2D eigenvalue weighted by Gasteiger charge is -2.12. The molecule has 4 rings (SSSR count). The molecule has 2 aromatic heterocycles. The van der Waals surface area contributed by atoms with Crippen molar-refractivity contribution in [2.75, 3.05) is 6.26 Å². The minimum atomic E-state index is -3.33. The number of hydrogen-bond acceptors (Lipinski definition) is 3. The Labute approximate surface area is 159 Å². The van der Waals surface area contributed by atoms with Gasteiger partial charge in [-0.1, -0.05) is 18.9 Å². The molecule has 5 nitrogen and oxygen atoms in total. The summed E-state index contributed by atoms with van der Waals surface area (Å²) in [4.78, 5) is 12.4. The van der Waals surface area contributed by atoms with Crippen molar-refractivity contribution in [2.24, 2.45) is 13.0 Å². The topological polar surface area (TPSA) is 61.1 Å². The van der Waals surface area contributed by atoms with Gasteiger partial charge in [0.25, 0.3) is 5.56 Å². The lowest BCUT2D eigenvalue weighted by molar-refractivity contribution is 0.602. The van der Waals surface area contributed by atoms with E-state index in [-0.39, 0.29) is 5.56 Å². The van der Waals surface area contributed by atoms with E-state index in [0.29, 0.717) is 10.5 Å². The second-order valence-electron chi connectivity index (χ2n) is 7.70. The van der Waals surface area contributed by atoms with Crippen LogP contribution >= 0.6 is 0 Å². The van der Waals surface area contributed by atoms with Gasteiger partial charge in [0, 0.05) is 48.1 Å². The minimum Gasteiger partial charge on any atom is -0.340 e. The highest BCUT2D eigenvalue weighted by atomic mass is 32.2. The van der Waals surface area contributed by atoms with Crippen molar-refractivity contribution in [3.05, 3.63) is 52.4 Å². The molecule has 0 aliphatic heterocycles. The van der Waals surface area contributed by atoms with Gasteiger partial charge in [0.05, 0.1) is 10.6 Å². The van der Waals surface area contributed by atoms with Crippen LogP contribution in [0, 0.1) is 12.8 Å². The molecule has 0 amide bonds. The molecule has 0 atom stereocenters. The summed E-state index contributed by atoms with van der Waals surface area (Å²) in [7, 11) is -1.58. The standard InChI is InChI=1S/C21H24N2O3S/c1-14-11-16(13-22(2)21(14)24)19-12-17-18(23(19)10-9-15-7-8-15)5-4-6-20(17)27(3,25)26/h4-6,11-13,15H,7-10H2,1-3H3. The zero-order valence-electron chi connectivity index (χ0n) is 15.9. The fourth-order valence-electron chi connectivity index (χ4n) is 3.80. The third kappa shape index (κ3) is 3.34. The Morgan fingerprint density at radius 1 is 1.19 bits per heavy atom. The van der Waals surface area contributed by atoms with Crippen molar-refractivity contribution in [2.45, 2.75) is 37.6 Å². The van der Waals surface area contributed by atoms with E-state index in [2.05, 4.69) is 4.57 Å². The molecule has 1 aromatic carbocycles. The fraction of sp³-hybridized carbons (Fsp3) is 0.381. The molecule has 142 valence electrons. The van der Waals surface area contributed by atoms with Gasteiger partial charge in [-0.15, -0.1) is 0 Å². The number of fused-ring (bicyclic) bond motifs is 1. The zero-order chi connectivity index (χ0) is 19.3. The molecule has 1 aliphatic rings. The second kappa shape index (κ2) is 6.37. The van der Waals surface area contributed by atoms with Gasteiger partial charge in [-0.05, 0) is 43.5 Å². The molecular weight excluding hydrogens is 360 g/mol. The van der Waals surface area contributed by atoms with Gasteiger partial charge in [0.1, 0.15) is 0 Å². The van der Waals surface area contributed by atoms with Gasteiger partial charge < -0.3 is 9.13 Å². The Morgan fingerprint density at radius 3 is 2.56 bits per heavy atom. The summed E-state index contributed by atoms with van der Waals surface area (Å²) in [6, 6.07) is 9.30. The van der Waals surface area contributed by atoms with E-state index in [1.165, 1.54) is 19.1 Å². The van der Waals surface area contributed by atoms with Crippen LogP contribution < -0.4 is 5.56 Å². The average Bonchev–Trinajstić information content (AvgIpc) is 3.35. The minimum absolute atomic E-state index is 0.0174. The lowest BCUT2D eigenvalue weighted by atomic mass is 10.1. The maximum absolute atomic E-state index is 12.3. The van der Waals surface area contributed by atoms with Gasteiger partial charge in [0.15, 0.2) is 9.84 Å². The van der Waals surface area contributed by atoms with Gasteiger partial charge in [-0.3, -0.25) is 4.79 Å². The van der Waals surface area contributed by atoms with Crippen LogP contribution in [0.1, 0.15) is 24.8 Å². The first kappa shape index (κ1) is 18.0. The summed E-state index contributed by atoms with van der Waals surface area (Å²) >= 11 is 0. The van der Waals surface area contributed by atoms with Gasteiger partial charge in [-0.2, -0.15) is 0 Å². The van der Waals surface area contributed by atoms with E-state index in [1.807, 2.05) is 37.4 Å². The third-order valence-corrected chi connectivity index (χ3v) is 6.58. The maximum Gasteiger partial charge on any atom is 0.253 e. The Bertz CT molecular complexity index is 1170. The zero-order valence-corrected chi connectivity index (χ0v) is 16.7. The lowest BCUT2D eigenvalue weighted by Crippen LogP contribution is -2.18. The molecule has 2 heterocycles. The molecule has 3 aromatic rings. The molecule has 0 radical (unpaired) electrons. The number of aromatic nitrogens is 2. The van der Waals surface area contributed by atoms with Crippen LogP contribution in [0.2, 0.25) is 0 Å². The second-order valence-corrected chi connectivity index (χ2v) is 9.69. The largest absolute Gasteiger partial charge is 0.340 e. The molecule has 1 saturated carbocycles. The number of aryl methyl sites for hydroxylation is 3. The van der Waals surface area contributed by atoms with Crippen molar-refractivity contribution >= 4 is 20.7 Å². The molecule has 27 heavy (non-hydrogen) atoms. The smallest absolute Gasteiger partial charge is 0.253 e. The van der Waals surface area contributed by atoms with Gasteiger partial charge in [0.2, 0.25) is 0 Å². The van der Waals surface area contributed by atoms with Crippen molar-refractivity contribution in [3.8, 4) is 11.3 Å². The van der Waals surface area contributed by atoms with E-state index < -0.39 is 9.84 Å². The van der Waals surface area contributed by atoms with Crippen molar-refractivity contribution in [1.82, 2.24) is 9.13 Å². The van der Waals surface area contributed by atoms with E-state index in [4.69, 9.17) is 0 Å². The number of benzene rings is 1. The maximum atomic E-state index is 12.3. The highest BCUT2D eigenvalue weighted by Crippen LogP contribution is 2.36. The van der Waals surface area contributed by atoms with Crippen LogP contribution in [-0.4, -0.2) is 23.8 Å². The van der Waals surface area contributed by atoms with Crippen LogP contribution in [0.15, 0.2) is 46.2 Å². The Hall–Kier alpha value is -2.34. The fourth-order valence-corrected chi connectivity index (χ4v) is 4.69. The molecule has 1 aliphatic carbocycles. The predicted molar refractivity (Wildman–Crippen MR) is 108 cm³/mol. The van der Waals surface area contributed by atoms with E-state index >= 15 is 0 Å². The normalized spacial score (nSPS) is 14.8. The molecule has 0 unspecified atom stereocenters. The average molecular weight is 385 g/mol. The van der Waals surface area contributed by atoms with Crippen LogP contribution in [0.3, 0.4) is 0 Å². The molecule has 0 spiro atoms. The summed E-state index contributed by atoms with van der Waals surface area (Å²) in [6.45, 7) is 2.66. The van der Waals surface area contributed by atoms with Gasteiger partial charge >= 0.3 is 0 Å². The van der Waals surface area contributed by atoms with E-state index in [0.717, 1.165) is 41.0 Å². The summed E-state index contributed by atoms with van der Waals surface area (Å²) in [6.07, 6.45) is 6.73. The van der Waals surface area contributed by atoms with E-state index in [9.17, 15) is 13.2 Å². The van der Waals surface area contributed by atoms with Crippen molar-refractivity contribution < 1.29 is 8.42 Å². The summed E-state index contributed by atoms with van der Waals surface area (Å²) in [5.74, 6) is 0.773. The van der Waals surface area contributed by atoms with E-state index in [1.54, 1.807) is 17.7 Å². The number of sulfone groups is 1. The highest BCUT2D eigenvalue weighted by Gasteiger charge is 2.23. The monoisotopic (exact) mass is 384 g/mol. The first-order valence-electron chi connectivity index (χ1n) is 9.25. The number of hydrogen-bond donors (Lipinski definition) is 0. The molecule has 0 saturated heterocycles. The molecule has 0 bridgehead atoms. The predicted octanol–water partition coefficient (Wildman–Crippen LogP) is 3.52. The van der Waals surface area contributed by atoms with Gasteiger partial charge in [-0.25, -0.2) is 8.42 Å². The Kier molecular flexibility index (Phi) is 4.26. The molecule has 1 fully saturated rings. The van der Waals surface area contributed by atoms with Crippen LogP contribution in [0.4, 0.5) is 0 Å². The van der Waals surface area contributed by atoms with Crippen LogP contribution in [-0.2, 0) is 23.4 Å². The quantitative estimate of drug-likeness (QED) is 0.676. The van der Waals surface area contributed by atoms with Crippen LogP contribution in [0.25, 0.3) is 22.2 Å². The Balaban J connectivity index is 1.97. The number of pyridine rings is 1. The van der Waals surface area contributed by atoms with Crippen molar-refractivity contribution in [3.63, 3.8) is 0 Å². The van der Waals surface area contributed by atoms with Crippen molar-refractivity contribution in [1.29, 1.82) is 0 Å². The SMILES string of the molecule is Cc1cc(-c2cc3c(S(C)(=O)=O)cccc3n2CCC2CC2)cn(C)c1=O. The number of rotatable bonds is 5. The third-order valence-electron chi connectivity index (χ3n) is 5.42. The molecule has 6 heteroatoms. The summed E-state index contributed by atoms with van der Waals surface area (Å²) in [5.41, 5.74) is 3.48. The first-order chi connectivity index (χ1) is 12.8. The molecule has 0 N–H and O–H groups in total. The molecular formula is C21H24N2O3S. The summed E-state index contributed by atoms with van der Waals surface area (Å²) in [5, 5.41) is 0.748. The first-order valence-corrected chi connectivity index (χ1v) is 11.1. The Morgan fingerprint density at radius 2 is 1.93 bits per heavy atom. The highest BCUT2D eigenvalue weighted by molar-refractivity contribution is 7.91.